The molecule has 1 aliphatic heterocycles. The number of carboxylic acid groups (broad SMARTS) is 1. The Morgan fingerprint density at radius 3 is 2.55 bits per heavy atom. The lowest BCUT2D eigenvalue weighted by molar-refractivity contribution is -0.114. The first-order chi connectivity index (χ1) is 15.0. The number of hydrazone groups is 1. The largest absolute Gasteiger partial charge is 0.488 e. The molecule has 154 valence electrons. The summed E-state index contributed by atoms with van der Waals surface area (Å²) in [5.41, 5.74) is 3.28. The first-order valence-corrected chi connectivity index (χ1v) is 9.74. The smallest absolute Gasteiger partial charge is 0.335 e. The second-order valence-corrected chi connectivity index (χ2v) is 7.03. The molecule has 0 saturated carbocycles. The van der Waals surface area contributed by atoms with Crippen molar-refractivity contribution in [1.29, 1.82) is 0 Å². The third kappa shape index (κ3) is 4.38. The maximum Gasteiger partial charge on any atom is 0.335 e. The monoisotopic (exact) mass is 412 g/mol. The number of aromatic carboxylic acids is 1. The maximum absolute atomic E-state index is 13.0. The second-order valence-electron chi connectivity index (χ2n) is 7.03. The summed E-state index contributed by atoms with van der Waals surface area (Å²) < 4.78 is 5.98. The molecule has 0 fully saturated rings. The van der Waals surface area contributed by atoms with Gasteiger partial charge in [-0.15, -0.1) is 0 Å². The average molecular weight is 412 g/mol. The molecule has 0 bridgehead atoms. The highest BCUT2D eigenvalue weighted by atomic mass is 16.5. The van der Waals surface area contributed by atoms with Crippen LogP contribution in [0.4, 0.5) is 5.69 Å². The van der Waals surface area contributed by atoms with E-state index < -0.39 is 5.97 Å². The Bertz CT molecular complexity index is 1200. The topological polar surface area (TPSA) is 79.2 Å². The Morgan fingerprint density at radius 2 is 1.77 bits per heavy atom. The lowest BCUT2D eigenvalue weighted by Gasteiger charge is -2.12. The summed E-state index contributed by atoms with van der Waals surface area (Å²) in [5, 5.41) is 14.8. The SMILES string of the molecule is CC1=NN(c2cccc(C(=O)O)c2)C(=O)C1=Cc1ccccc1OCc1ccccc1. The molecular formula is C25H20N2O4. The maximum atomic E-state index is 13.0. The predicted molar refractivity (Wildman–Crippen MR) is 119 cm³/mol. The first kappa shape index (κ1) is 20.1. The first-order valence-electron chi connectivity index (χ1n) is 9.74. The van der Waals surface area contributed by atoms with E-state index in [0.717, 1.165) is 11.1 Å². The molecule has 3 aromatic carbocycles. The van der Waals surface area contributed by atoms with Gasteiger partial charge in [-0.05, 0) is 42.8 Å². The summed E-state index contributed by atoms with van der Waals surface area (Å²) >= 11 is 0. The van der Waals surface area contributed by atoms with E-state index in [9.17, 15) is 14.7 Å². The number of ether oxygens (including phenoxy) is 1. The van der Waals surface area contributed by atoms with Crippen molar-refractivity contribution in [1.82, 2.24) is 0 Å². The van der Waals surface area contributed by atoms with Gasteiger partial charge in [0, 0.05) is 5.56 Å². The van der Waals surface area contributed by atoms with Gasteiger partial charge < -0.3 is 9.84 Å². The molecule has 1 aliphatic rings. The van der Waals surface area contributed by atoms with Crippen molar-refractivity contribution < 1.29 is 19.4 Å². The van der Waals surface area contributed by atoms with Gasteiger partial charge in [-0.2, -0.15) is 10.1 Å². The number of hydrogen-bond acceptors (Lipinski definition) is 4. The van der Waals surface area contributed by atoms with E-state index in [1.807, 2.05) is 54.6 Å². The molecule has 0 unspecified atom stereocenters. The van der Waals surface area contributed by atoms with Gasteiger partial charge in [0.25, 0.3) is 5.91 Å². The van der Waals surface area contributed by atoms with Gasteiger partial charge in [0.05, 0.1) is 22.5 Å². The van der Waals surface area contributed by atoms with Crippen LogP contribution < -0.4 is 9.75 Å². The number of carbonyl (C=O) groups excluding carboxylic acids is 1. The fraction of sp³-hybridized carbons (Fsp3) is 0.0800. The molecule has 0 spiro atoms. The third-order valence-corrected chi connectivity index (χ3v) is 4.86. The second kappa shape index (κ2) is 8.67. The van der Waals surface area contributed by atoms with E-state index in [1.54, 1.807) is 25.1 Å². The normalized spacial score (nSPS) is 14.6. The summed E-state index contributed by atoms with van der Waals surface area (Å²) in [5.74, 6) is -0.724. The summed E-state index contributed by atoms with van der Waals surface area (Å²) in [7, 11) is 0. The number of benzene rings is 3. The lowest BCUT2D eigenvalue weighted by atomic mass is 10.1. The molecule has 0 aromatic heterocycles. The molecule has 1 heterocycles. The Balaban J connectivity index is 1.60. The standard InChI is InChI=1S/C25H20N2O4/c1-17-22(24(28)27(26-17)21-12-7-11-20(14-21)25(29)30)15-19-10-5-6-13-23(19)31-16-18-8-3-2-4-9-18/h2-15H,16H2,1H3,(H,29,30). The van der Waals surface area contributed by atoms with Crippen molar-refractivity contribution >= 4 is 29.4 Å². The molecule has 6 nitrogen and oxygen atoms in total. The summed E-state index contributed by atoms with van der Waals surface area (Å²) in [6.45, 7) is 2.16. The lowest BCUT2D eigenvalue weighted by Crippen LogP contribution is -2.21. The molecule has 0 aliphatic carbocycles. The fourth-order valence-electron chi connectivity index (χ4n) is 3.25. The number of nitrogens with zero attached hydrogens (tertiary/aromatic N) is 2. The van der Waals surface area contributed by atoms with Crippen LogP contribution >= 0.6 is 0 Å². The zero-order valence-corrected chi connectivity index (χ0v) is 16.9. The molecule has 31 heavy (non-hydrogen) atoms. The van der Waals surface area contributed by atoms with Crippen LogP contribution in [0.15, 0.2) is 89.5 Å². The highest BCUT2D eigenvalue weighted by Gasteiger charge is 2.29. The van der Waals surface area contributed by atoms with E-state index >= 15 is 0 Å². The Hall–Kier alpha value is -4.19. The Morgan fingerprint density at radius 1 is 1.03 bits per heavy atom. The number of anilines is 1. The van der Waals surface area contributed by atoms with Crippen LogP contribution in [-0.4, -0.2) is 22.7 Å². The summed E-state index contributed by atoms with van der Waals surface area (Å²) in [6, 6.07) is 23.5. The van der Waals surface area contributed by atoms with E-state index in [2.05, 4.69) is 5.10 Å². The average Bonchev–Trinajstić information content (AvgIpc) is 3.07. The molecule has 3 aromatic rings. The van der Waals surface area contributed by atoms with Crippen LogP contribution in [0.1, 0.15) is 28.4 Å². The number of para-hydroxylation sites is 1. The molecule has 1 N–H and O–H groups in total. The van der Waals surface area contributed by atoms with Gasteiger partial charge in [-0.25, -0.2) is 4.79 Å². The van der Waals surface area contributed by atoms with Crippen LogP contribution in [0, 0.1) is 0 Å². The van der Waals surface area contributed by atoms with Crippen LogP contribution in [-0.2, 0) is 11.4 Å². The molecule has 0 saturated heterocycles. The van der Waals surface area contributed by atoms with E-state index in [1.165, 1.54) is 17.1 Å². The number of hydrogen-bond donors (Lipinski definition) is 1. The Labute approximate surface area is 179 Å². The third-order valence-electron chi connectivity index (χ3n) is 4.86. The molecular weight excluding hydrogens is 392 g/mol. The van der Waals surface area contributed by atoms with Gasteiger partial charge >= 0.3 is 5.97 Å². The van der Waals surface area contributed by atoms with Crippen molar-refractivity contribution in [3.63, 3.8) is 0 Å². The number of amides is 1. The van der Waals surface area contributed by atoms with Crippen molar-refractivity contribution in [2.75, 3.05) is 5.01 Å². The minimum Gasteiger partial charge on any atom is -0.488 e. The molecule has 0 atom stereocenters. The van der Waals surface area contributed by atoms with Gasteiger partial charge in [-0.1, -0.05) is 54.6 Å². The van der Waals surface area contributed by atoms with Crippen LogP contribution in [0.5, 0.6) is 5.75 Å². The van der Waals surface area contributed by atoms with Gasteiger partial charge in [0.15, 0.2) is 0 Å². The zero-order chi connectivity index (χ0) is 21.8. The van der Waals surface area contributed by atoms with Crippen LogP contribution in [0.2, 0.25) is 0 Å². The van der Waals surface area contributed by atoms with Crippen LogP contribution in [0.3, 0.4) is 0 Å². The molecule has 4 rings (SSSR count). The Kier molecular flexibility index (Phi) is 5.62. The fourth-order valence-corrected chi connectivity index (χ4v) is 3.25. The highest BCUT2D eigenvalue weighted by molar-refractivity contribution is 6.32. The zero-order valence-electron chi connectivity index (χ0n) is 16.9. The van der Waals surface area contributed by atoms with Gasteiger partial charge in [-0.3, -0.25) is 4.79 Å². The van der Waals surface area contributed by atoms with E-state index in [0.29, 0.717) is 29.3 Å². The number of carbonyl (C=O) groups is 2. The van der Waals surface area contributed by atoms with Crippen molar-refractivity contribution in [2.24, 2.45) is 5.10 Å². The summed E-state index contributed by atoms with van der Waals surface area (Å²) in [4.78, 5) is 24.3. The number of rotatable bonds is 6. The molecule has 0 radical (unpaired) electrons. The molecule has 6 heteroatoms. The molecule has 1 amide bonds. The van der Waals surface area contributed by atoms with Crippen molar-refractivity contribution in [2.45, 2.75) is 13.5 Å². The highest BCUT2D eigenvalue weighted by Crippen LogP contribution is 2.28. The number of carboxylic acids is 1. The van der Waals surface area contributed by atoms with E-state index in [4.69, 9.17) is 4.74 Å². The van der Waals surface area contributed by atoms with Crippen molar-refractivity contribution in [3.8, 4) is 5.75 Å². The van der Waals surface area contributed by atoms with Crippen molar-refractivity contribution in [3.05, 3.63) is 101 Å². The minimum atomic E-state index is -1.06. The summed E-state index contributed by atoms with van der Waals surface area (Å²) in [6.07, 6.45) is 1.75. The predicted octanol–water partition coefficient (Wildman–Crippen LogP) is 4.77. The van der Waals surface area contributed by atoms with Gasteiger partial charge in [0.1, 0.15) is 12.4 Å². The van der Waals surface area contributed by atoms with E-state index in [-0.39, 0.29) is 11.5 Å². The van der Waals surface area contributed by atoms with Gasteiger partial charge in [0.2, 0.25) is 0 Å². The van der Waals surface area contributed by atoms with Crippen LogP contribution in [0.25, 0.3) is 6.08 Å². The minimum absolute atomic E-state index is 0.0928. The quantitative estimate of drug-likeness (QED) is 0.592.